The number of carbonyl (C=O) groups excluding carboxylic acids is 2. The number of urea groups is 1. The van der Waals surface area contributed by atoms with Crippen LogP contribution in [-0.4, -0.2) is 52.6 Å². The number of hydrogen-bond acceptors (Lipinski definition) is 3. The van der Waals surface area contributed by atoms with Crippen molar-refractivity contribution in [2.75, 3.05) is 13.1 Å². The lowest BCUT2D eigenvalue weighted by Crippen LogP contribution is -2.65. The normalized spacial score (nSPS) is 19.5. The topological polar surface area (TPSA) is 98.7 Å². The summed E-state index contributed by atoms with van der Waals surface area (Å²) >= 11 is 0. The number of carbonyl (C=O) groups is 3. The van der Waals surface area contributed by atoms with Crippen molar-refractivity contribution in [1.82, 2.24) is 15.5 Å². The van der Waals surface area contributed by atoms with Crippen molar-refractivity contribution in [2.45, 2.75) is 45.2 Å². The van der Waals surface area contributed by atoms with Crippen LogP contribution in [-0.2, 0) is 9.59 Å². The predicted octanol–water partition coefficient (Wildman–Crippen LogP) is 0.160. The van der Waals surface area contributed by atoms with Crippen molar-refractivity contribution in [3.8, 4) is 0 Å². The van der Waals surface area contributed by atoms with Crippen LogP contribution in [0.4, 0.5) is 4.79 Å². The number of amides is 3. The molecule has 1 unspecified atom stereocenters. The molecule has 0 bridgehead atoms. The van der Waals surface area contributed by atoms with E-state index >= 15 is 0 Å². The third kappa shape index (κ3) is 3.59. The van der Waals surface area contributed by atoms with Crippen LogP contribution in [0.15, 0.2) is 0 Å². The average molecular weight is 271 g/mol. The number of piperazine rings is 1. The fraction of sp³-hybridized carbons (Fsp3) is 0.750. The lowest BCUT2D eigenvalue weighted by molar-refractivity contribution is -0.137. The molecule has 0 radical (unpaired) electrons. The molecule has 108 valence electrons. The minimum atomic E-state index is -0.956. The summed E-state index contributed by atoms with van der Waals surface area (Å²) in [7, 11) is 0. The lowest BCUT2D eigenvalue weighted by atomic mass is 9.99. The van der Waals surface area contributed by atoms with E-state index in [1.165, 1.54) is 4.90 Å². The molecule has 0 aromatic heterocycles. The van der Waals surface area contributed by atoms with Gasteiger partial charge in [0.1, 0.15) is 5.54 Å². The Morgan fingerprint density at radius 1 is 1.53 bits per heavy atom. The molecule has 0 aromatic carbocycles. The highest BCUT2D eigenvalue weighted by atomic mass is 16.4. The Bertz CT molecular complexity index is 381. The zero-order valence-electron chi connectivity index (χ0n) is 11.5. The van der Waals surface area contributed by atoms with Crippen molar-refractivity contribution in [3.05, 3.63) is 0 Å². The molecule has 0 saturated carbocycles. The van der Waals surface area contributed by atoms with Gasteiger partial charge in [-0.3, -0.25) is 9.59 Å². The second-order valence-corrected chi connectivity index (χ2v) is 5.12. The van der Waals surface area contributed by atoms with Crippen LogP contribution in [0.3, 0.4) is 0 Å². The van der Waals surface area contributed by atoms with E-state index in [0.29, 0.717) is 19.5 Å². The molecule has 1 saturated heterocycles. The monoisotopic (exact) mass is 271 g/mol. The van der Waals surface area contributed by atoms with E-state index in [-0.39, 0.29) is 12.3 Å². The SMILES string of the molecule is CCC(CC(=O)O)NC(=O)N1CCNC(=O)C1(C)C. The third-order valence-corrected chi connectivity index (χ3v) is 3.34. The van der Waals surface area contributed by atoms with E-state index in [1.807, 2.05) is 6.92 Å². The first kappa shape index (κ1) is 15.3. The Kier molecular flexibility index (Phi) is 4.74. The average Bonchev–Trinajstić information content (AvgIpc) is 2.30. The summed E-state index contributed by atoms with van der Waals surface area (Å²) in [6.07, 6.45) is 0.404. The molecule has 0 aliphatic carbocycles. The summed E-state index contributed by atoms with van der Waals surface area (Å²) in [4.78, 5) is 36.0. The minimum absolute atomic E-state index is 0.122. The second-order valence-electron chi connectivity index (χ2n) is 5.12. The Labute approximate surface area is 112 Å². The molecule has 1 heterocycles. The number of nitrogens with zero attached hydrogens (tertiary/aromatic N) is 1. The number of aliphatic carboxylic acids is 1. The second kappa shape index (κ2) is 5.90. The van der Waals surface area contributed by atoms with Gasteiger partial charge in [-0.15, -0.1) is 0 Å². The molecule has 19 heavy (non-hydrogen) atoms. The maximum atomic E-state index is 12.2. The fourth-order valence-corrected chi connectivity index (χ4v) is 2.02. The highest BCUT2D eigenvalue weighted by molar-refractivity contribution is 5.91. The molecular weight excluding hydrogens is 250 g/mol. The molecule has 7 heteroatoms. The number of hydrogen-bond donors (Lipinski definition) is 3. The first-order valence-corrected chi connectivity index (χ1v) is 6.37. The van der Waals surface area contributed by atoms with Gasteiger partial charge in [-0.05, 0) is 20.3 Å². The third-order valence-electron chi connectivity index (χ3n) is 3.34. The summed E-state index contributed by atoms with van der Waals surface area (Å²) < 4.78 is 0. The largest absolute Gasteiger partial charge is 0.481 e. The maximum absolute atomic E-state index is 12.2. The van der Waals surface area contributed by atoms with E-state index in [1.54, 1.807) is 13.8 Å². The first-order valence-electron chi connectivity index (χ1n) is 6.37. The summed E-state index contributed by atoms with van der Waals surface area (Å²) in [6, 6.07) is -0.821. The Hall–Kier alpha value is -1.79. The van der Waals surface area contributed by atoms with Crippen LogP contribution in [0.2, 0.25) is 0 Å². The van der Waals surface area contributed by atoms with Crippen LogP contribution in [0, 0.1) is 0 Å². The lowest BCUT2D eigenvalue weighted by Gasteiger charge is -2.41. The standard InChI is InChI=1S/C12H21N3O4/c1-4-8(7-9(16)17)14-11(19)15-6-5-13-10(18)12(15,2)3/h8H,4-7H2,1-3H3,(H,13,18)(H,14,19)(H,16,17). The molecule has 1 fully saturated rings. The molecule has 0 aromatic rings. The molecule has 1 aliphatic heterocycles. The van der Waals surface area contributed by atoms with E-state index < -0.39 is 23.6 Å². The van der Waals surface area contributed by atoms with E-state index in [2.05, 4.69) is 10.6 Å². The summed E-state index contributed by atoms with van der Waals surface area (Å²) in [5.41, 5.74) is -0.927. The highest BCUT2D eigenvalue weighted by Gasteiger charge is 2.40. The molecule has 1 rings (SSSR count). The summed E-state index contributed by atoms with van der Waals surface area (Å²) in [6.45, 7) is 5.96. The quantitative estimate of drug-likeness (QED) is 0.678. The van der Waals surface area contributed by atoms with Crippen LogP contribution in [0.1, 0.15) is 33.6 Å². The van der Waals surface area contributed by atoms with E-state index in [4.69, 9.17) is 5.11 Å². The Balaban J connectivity index is 2.70. The van der Waals surface area contributed by atoms with Crippen LogP contribution in [0.5, 0.6) is 0 Å². The number of nitrogens with one attached hydrogen (secondary N) is 2. The van der Waals surface area contributed by atoms with Crippen molar-refractivity contribution < 1.29 is 19.5 Å². The predicted molar refractivity (Wildman–Crippen MR) is 68.7 cm³/mol. The smallest absolute Gasteiger partial charge is 0.318 e. The number of carboxylic acid groups (broad SMARTS) is 1. The van der Waals surface area contributed by atoms with Gasteiger partial charge >= 0.3 is 12.0 Å². The van der Waals surface area contributed by atoms with Gasteiger partial charge < -0.3 is 20.6 Å². The zero-order chi connectivity index (χ0) is 14.6. The van der Waals surface area contributed by atoms with E-state index in [0.717, 1.165) is 0 Å². The number of rotatable bonds is 4. The molecule has 1 atom stereocenters. The van der Waals surface area contributed by atoms with Gasteiger partial charge in [0.15, 0.2) is 0 Å². The fourth-order valence-electron chi connectivity index (χ4n) is 2.02. The van der Waals surface area contributed by atoms with Crippen LogP contribution < -0.4 is 10.6 Å². The minimum Gasteiger partial charge on any atom is -0.481 e. The van der Waals surface area contributed by atoms with Gasteiger partial charge in [0.05, 0.1) is 6.42 Å². The van der Waals surface area contributed by atoms with Gasteiger partial charge in [0.2, 0.25) is 5.91 Å². The molecule has 1 aliphatic rings. The zero-order valence-corrected chi connectivity index (χ0v) is 11.5. The van der Waals surface area contributed by atoms with Crippen molar-refractivity contribution in [3.63, 3.8) is 0 Å². The maximum Gasteiger partial charge on any atom is 0.318 e. The van der Waals surface area contributed by atoms with Gasteiger partial charge in [-0.1, -0.05) is 6.92 Å². The van der Waals surface area contributed by atoms with Crippen molar-refractivity contribution >= 4 is 17.9 Å². The first-order chi connectivity index (χ1) is 8.78. The summed E-state index contributed by atoms with van der Waals surface area (Å²) in [5, 5.41) is 14.1. The number of carboxylic acids is 1. The Morgan fingerprint density at radius 2 is 2.16 bits per heavy atom. The Morgan fingerprint density at radius 3 is 2.68 bits per heavy atom. The molecule has 3 amide bonds. The van der Waals surface area contributed by atoms with E-state index in [9.17, 15) is 14.4 Å². The van der Waals surface area contributed by atoms with Crippen molar-refractivity contribution in [1.29, 1.82) is 0 Å². The van der Waals surface area contributed by atoms with Crippen LogP contribution in [0.25, 0.3) is 0 Å². The van der Waals surface area contributed by atoms with Crippen LogP contribution >= 0.6 is 0 Å². The van der Waals surface area contributed by atoms with Gasteiger partial charge in [-0.25, -0.2) is 4.79 Å². The van der Waals surface area contributed by atoms with Crippen molar-refractivity contribution in [2.24, 2.45) is 0 Å². The molecular formula is C12H21N3O4. The molecule has 3 N–H and O–H groups in total. The van der Waals surface area contributed by atoms with Gasteiger partial charge in [-0.2, -0.15) is 0 Å². The molecule has 0 spiro atoms. The highest BCUT2D eigenvalue weighted by Crippen LogP contribution is 2.18. The molecule has 7 nitrogen and oxygen atoms in total. The van der Waals surface area contributed by atoms with Gasteiger partial charge in [0.25, 0.3) is 0 Å². The van der Waals surface area contributed by atoms with Gasteiger partial charge in [0, 0.05) is 19.1 Å². The summed E-state index contributed by atoms with van der Waals surface area (Å²) in [5.74, 6) is -1.16.